The molecule has 0 saturated heterocycles. The van der Waals surface area contributed by atoms with Gasteiger partial charge in [0.25, 0.3) is 0 Å². The van der Waals surface area contributed by atoms with Crippen molar-refractivity contribution in [3.05, 3.63) is 23.8 Å². The Hall–Kier alpha value is -1.23. The second-order valence-corrected chi connectivity index (χ2v) is 5.69. The van der Waals surface area contributed by atoms with Gasteiger partial charge in [-0.3, -0.25) is 4.72 Å². The Morgan fingerprint density at radius 2 is 2.06 bits per heavy atom. The molecular formula is C11H18N2O2S. The summed E-state index contributed by atoms with van der Waals surface area (Å²) < 4.78 is 25.9. The number of aryl methyl sites for hydroxylation is 1. The van der Waals surface area contributed by atoms with Crippen molar-refractivity contribution >= 4 is 21.4 Å². The Morgan fingerprint density at radius 3 is 2.62 bits per heavy atom. The van der Waals surface area contributed by atoms with E-state index in [1.54, 1.807) is 18.2 Å². The summed E-state index contributed by atoms with van der Waals surface area (Å²) >= 11 is 0. The maximum absolute atomic E-state index is 11.7. The first-order chi connectivity index (χ1) is 7.44. The second kappa shape index (κ2) is 5.21. The molecule has 0 fully saturated rings. The number of rotatable bonds is 5. The average molecular weight is 242 g/mol. The molecule has 5 heteroatoms. The lowest BCUT2D eigenvalue weighted by Gasteiger charge is -2.10. The summed E-state index contributed by atoms with van der Waals surface area (Å²) in [7, 11) is -3.22. The van der Waals surface area contributed by atoms with Crippen LogP contribution in [0, 0.1) is 6.92 Å². The van der Waals surface area contributed by atoms with Crippen molar-refractivity contribution in [1.82, 2.24) is 0 Å². The molecule has 0 amide bonds. The predicted molar refractivity (Wildman–Crippen MR) is 67.9 cm³/mol. The van der Waals surface area contributed by atoms with Crippen LogP contribution in [0.5, 0.6) is 0 Å². The molecule has 90 valence electrons. The maximum atomic E-state index is 11.7. The van der Waals surface area contributed by atoms with Gasteiger partial charge in [-0.25, -0.2) is 8.42 Å². The molecule has 3 N–H and O–H groups in total. The van der Waals surface area contributed by atoms with Crippen LogP contribution in [0.2, 0.25) is 0 Å². The lowest BCUT2D eigenvalue weighted by molar-refractivity contribution is 0.598. The van der Waals surface area contributed by atoms with Crippen LogP contribution >= 0.6 is 0 Å². The Bertz CT molecular complexity index is 455. The van der Waals surface area contributed by atoms with Gasteiger partial charge in [0.05, 0.1) is 11.4 Å². The van der Waals surface area contributed by atoms with Gasteiger partial charge >= 0.3 is 0 Å². The Morgan fingerprint density at radius 1 is 1.38 bits per heavy atom. The summed E-state index contributed by atoms with van der Waals surface area (Å²) in [5, 5.41) is 0. The van der Waals surface area contributed by atoms with E-state index < -0.39 is 10.0 Å². The number of nitrogens with two attached hydrogens (primary N) is 1. The molecule has 0 bridgehead atoms. The third-order valence-corrected chi connectivity index (χ3v) is 3.64. The minimum atomic E-state index is -3.22. The zero-order chi connectivity index (χ0) is 12.2. The quantitative estimate of drug-likeness (QED) is 0.777. The van der Waals surface area contributed by atoms with Gasteiger partial charge in [-0.05, 0) is 37.1 Å². The summed E-state index contributed by atoms with van der Waals surface area (Å²) in [6, 6.07) is 5.12. The lowest BCUT2D eigenvalue weighted by Crippen LogP contribution is -2.17. The van der Waals surface area contributed by atoms with Crippen molar-refractivity contribution in [3.8, 4) is 0 Å². The van der Waals surface area contributed by atoms with E-state index in [2.05, 4.69) is 4.72 Å². The Labute approximate surface area is 96.9 Å². The fourth-order valence-electron chi connectivity index (χ4n) is 1.35. The molecule has 0 radical (unpaired) electrons. The fraction of sp³-hybridized carbons (Fsp3) is 0.455. The first-order valence-electron chi connectivity index (χ1n) is 5.31. The number of benzene rings is 1. The first kappa shape index (κ1) is 12.8. The lowest BCUT2D eigenvalue weighted by atomic mass is 10.2. The van der Waals surface area contributed by atoms with Crippen molar-refractivity contribution in [3.63, 3.8) is 0 Å². The molecule has 1 rings (SSSR count). The summed E-state index contributed by atoms with van der Waals surface area (Å²) in [6.07, 6.45) is 1.53. The first-order valence-corrected chi connectivity index (χ1v) is 6.96. The predicted octanol–water partition coefficient (Wildman–Crippen LogP) is 2.12. The monoisotopic (exact) mass is 242 g/mol. The van der Waals surface area contributed by atoms with Crippen LogP contribution in [0.15, 0.2) is 18.2 Å². The number of sulfonamides is 1. The van der Waals surface area contributed by atoms with Crippen molar-refractivity contribution in [2.24, 2.45) is 0 Å². The van der Waals surface area contributed by atoms with Crippen LogP contribution in [0.3, 0.4) is 0 Å². The topological polar surface area (TPSA) is 72.2 Å². The molecule has 4 nitrogen and oxygen atoms in total. The van der Waals surface area contributed by atoms with E-state index in [1.807, 2.05) is 13.8 Å². The summed E-state index contributed by atoms with van der Waals surface area (Å²) in [5.74, 6) is 0.160. The largest absolute Gasteiger partial charge is 0.399 e. The van der Waals surface area contributed by atoms with Gasteiger partial charge in [0.15, 0.2) is 0 Å². The molecule has 1 aromatic rings. The van der Waals surface area contributed by atoms with Gasteiger partial charge in [0, 0.05) is 5.69 Å². The molecule has 0 heterocycles. The zero-order valence-electron chi connectivity index (χ0n) is 9.66. The molecule has 0 spiro atoms. The van der Waals surface area contributed by atoms with Crippen LogP contribution in [0.1, 0.15) is 25.3 Å². The second-order valence-electron chi connectivity index (χ2n) is 3.85. The number of anilines is 2. The van der Waals surface area contributed by atoms with Crippen molar-refractivity contribution in [2.75, 3.05) is 16.2 Å². The van der Waals surface area contributed by atoms with Gasteiger partial charge in [-0.2, -0.15) is 0 Å². The smallest absolute Gasteiger partial charge is 0.232 e. The molecule has 1 aromatic carbocycles. The molecule has 0 saturated carbocycles. The number of nitrogen functional groups attached to an aromatic ring is 1. The standard InChI is InChI=1S/C11H18N2O2S/c1-3-4-7-16(14,15)13-11-6-5-10(12)8-9(11)2/h5-6,8,13H,3-4,7,12H2,1-2H3. The van der Waals surface area contributed by atoms with Gasteiger partial charge in [0.1, 0.15) is 0 Å². The number of hydrogen-bond donors (Lipinski definition) is 2. The van der Waals surface area contributed by atoms with E-state index in [1.165, 1.54) is 0 Å². The molecular weight excluding hydrogens is 224 g/mol. The highest BCUT2D eigenvalue weighted by atomic mass is 32.2. The molecule has 0 unspecified atom stereocenters. The SMILES string of the molecule is CCCCS(=O)(=O)Nc1ccc(N)cc1C. The van der Waals surface area contributed by atoms with Crippen LogP contribution in [0.4, 0.5) is 11.4 Å². The van der Waals surface area contributed by atoms with E-state index in [0.717, 1.165) is 12.0 Å². The molecule has 0 aliphatic carbocycles. The van der Waals surface area contributed by atoms with Crippen LogP contribution in [-0.2, 0) is 10.0 Å². The van der Waals surface area contributed by atoms with Gasteiger partial charge in [0.2, 0.25) is 10.0 Å². The number of nitrogens with one attached hydrogen (secondary N) is 1. The third kappa shape index (κ3) is 3.73. The molecule has 0 aliphatic heterocycles. The van der Waals surface area contributed by atoms with Crippen molar-refractivity contribution in [2.45, 2.75) is 26.7 Å². The molecule has 16 heavy (non-hydrogen) atoms. The third-order valence-electron chi connectivity index (χ3n) is 2.28. The van der Waals surface area contributed by atoms with E-state index in [0.29, 0.717) is 17.8 Å². The number of hydrogen-bond acceptors (Lipinski definition) is 3. The van der Waals surface area contributed by atoms with Gasteiger partial charge < -0.3 is 5.73 Å². The molecule has 0 aliphatic rings. The minimum absolute atomic E-state index is 0.160. The summed E-state index contributed by atoms with van der Waals surface area (Å²) in [5.41, 5.74) is 7.66. The van der Waals surface area contributed by atoms with Gasteiger partial charge in [-0.15, -0.1) is 0 Å². The highest BCUT2D eigenvalue weighted by Gasteiger charge is 2.10. The van der Waals surface area contributed by atoms with Crippen LogP contribution in [-0.4, -0.2) is 14.2 Å². The van der Waals surface area contributed by atoms with E-state index >= 15 is 0 Å². The van der Waals surface area contributed by atoms with E-state index in [9.17, 15) is 8.42 Å². The normalized spacial score (nSPS) is 11.4. The Balaban J connectivity index is 2.80. The highest BCUT2D eigenvalue weighted by molar-refractivity contribution is 7.92. The zero-order valence-corrected chi connectivity index (χ0v) is 10.5. The highest BCUT2D eigenvalue weighted by Crippen LogP contribution is 2.19. The van der Waals surface area contributed by atoms with E-state index in [-0.39, 0.29) is 5.75 Å². The van der Waals surface area contributed by atoms with Crippen molar-refractivity contribution in [1.29, 1.82) is 0 Å². The van der Waals surface area contributed by atoms with E-state index in [4.69, 9.17) is 5.73 Å². The molecule has 0 aromatic heterocycles. The maximum Gasteiger partial charge on any atom is 0.232 e. The van der Waals surface area contributed by atoms with Crippen molar-refractivity contribution < 1.29 is 8.42 Å². The average Bonchev–Trinajstić information content (AvgIpc) is 2.19. The minimum Gasteiger partial charge on any atom is -0.399 e. The fourth-order valence-corrected chi connectivity index (χ4v) is 2.69. The number of unbranched alkanes of at least 4 members (excludes halogenated alkanes) is 1. The Kier molecular flexibility index (Phi) is 4.18. The van der Waals surface area contributed by atoms with Gasteiger partial charge in [-0.1, -0.05) is 13.3 Å². The van der Waals surface area contributed by atoms with Crippen LogP contribution < -0.4 is 10.5 Å². The summed E-state index contributed by atoms with van der Waals surface area (Å²) in [4.78, 5) is 0. The summed E-state index contributed by atoms with van der Waals surface area (Å²) in [6.45, 7) is 3.79. The van der Waals surface area contributed by atoms with Crippen LogP contribution in [0.25, 0.3) is 0 Å². The molecule has 0 atom stereocenters.